The Hall–Kier alpha value is -2.60. The van der Waals surface area contributed by atoms with Crippen molar-refractivity contribution < 1.29 is 9.47 Å². The van der Waals surface area contributed by atoms with E-state index in [2.05, 4.69) is 10.1 Å². The fraction of sp³-hybridized carbons (Fsp3) is 0.200. The highest BCUT2D eigenvalue weighted by Crippen LogP contribution is 2.31. The van der Waals surface area contributed by atoms with E-state index in [1.165, 1.54) is 0 Å². The molecule has 3 rings (SSSR count). The van der Waals surface area contributed by atoms with Crippen molar-refractivity contribution in [3.8, 4) is 17.4 Å². The third kappa shape index (κ3) is 2.80. The molecule has 0 aliphatic rings. The van der Waals surface area contributed by atoms with Crippen LogP contribution >= 0.6 is 0 Å². The zero-order valence-electron chi connectivity index (χ0n) is 11.7. The van der Waals surface area contributed by atoms with Gasteiger partial charge in [-0.2, -0.15) is 10.1 Å². The summed E-state index contributed by atoms with van der Waals surface area (Å²) in [5.41, 5.74) is 7.37. The second kappa shape index (κ2) is 5.80. The van der Waals surface area contributed by atoms with Gasteiger partial charge in [-0.05, 0) is 24.6 Å². The lowest BCUT2D eigenvalue weighted by Gasteiger charge is -2.12. The molecule has 21 heavy (non-hydrogen) atoms. The molecule has 2 N–H and O–H groups in total. The minimum absolute atomic E-state index is 0.459. The Kier molecular flexibility index (Phi) is 3.70. The summed E-state index contributed by atoms with van der Waals surface area (Å²) in [5.74, 6) is 1.77. The van der Waals surface area contributed by atoms with Gasteiger partial charge in [-0.3, -0.25) is 0 Å². The lowest BCUT2D eigenvalue weighted by molar-refractivity contribution is 0.319. The summed E-state index contributed by atoms with van der Waals surface area (Å²) in [4.78, 5) is 4.37. The Morgan fingerprint density at radius 3 is 2.90 bits per heavy atom. The van der Waals surface area contributed by atoms with Gasteiger partial charge in [0.25, 0.3) is 0 Å². The van der Waals surface area contributed by atoms with Gasteiger partial charge in [0.15, 0.2) is 17.1 Å². The number of rotatable bonds is 5. The minimum atomic E-state index is 0.459. The van der Waals surface area contributed by atoms with Gasteiger partial charge in [-0.25, -0.2) is 4.52 Å². The normalized spacial score (nSPS) is 10.8. The van der Waals surface area contributed by atoms with Crippen molar-refractivity contribution in [2.45, 2.75) is 13.5 Å². The third-order valence-electron chi connectivity index (χ3n) is 2.99. The van der Waals surface area contributed by atoms with E-state index in [-0.39, 0.29) is 0 Å². The molecule has 0 spiro atoms. The van der Waals surface area contributed by atoms with E-state index in [0.717, 1.165) is 11.2 Å². The fourth-order valence-corrected chi connectivity index (χ4v) is 2.00. The molecule has 0 saturated carbocycles. The SMILES string of the molecule is CCOc1cc(CN)ccc1Oc1ccn2nccc2n1. The van der Waals surface area contributed by atoms with E-state index in [4.69, 9.17) is 15.2 Å². The third-order valence-corrected chi connectivity index (χ3v) is 2.99. The molecule has 0 radical (unpaired) electrons. The molecule has 0 saturated heterocycles. The first kappa shape index (κ1) is 13.4. The number of nitrogens with zero attached hydrogens (tertiary/aromatic N) is 3. The van der Waals surface area contributed by atoms with Crippen molar-refractivity contribution >= 4 is 5.65 Å². The second-order valence-corrected chi connectivity index (χ2v) is 4.42. The average molecular weight is 284 g/mol. The van der Waals surface area contributed by atoms with E-state index in [1.54, 1.807) is 23.0 Å². The summed E-state index contributed by atoms with van der Waals surface area (Å²) < 4.78 is 13.1. The molecule has 0 fully saturated rings. The number of hydrogen-bond acceptors (Lipinski definition) is 5. The van der Waals surface area contributed by atoms with E-state index in [9.17, 15) is 0 Å². The molecule has 0 bridgehead atoms. The summed E-state index contributed by atoms with van der Waals surface area (Å²) in [7, 11) is 0. The fourth-order valence-electron chi connectivity index (χ4n) is 2.00. The van der Waals surface area contributed by atoms with E-state index < -0.39 is 0 Å². The van der Waals surface area contributed by atoms with Gasteiger partial charge in [0, 0.05) is 24.9 Å². The van der Waals surface area contributed by atoms with Crippen LogP contribution in [0.1, 0.15) is 12.5 Å². The summed E-state index contributed by atoms with van der Waals surface area (Å²) >= 11 is 0. The van der Waals surface area contributed by atoms with E-state index in [1.807, 2.05) is 31.2 Å². The van der Waals surface area contributed by atoms with E-state index in [0.29, 0.717) is 30.5 Å². The maximum atomic E-state index is 5.82. The van der Waals surface area contributed by atoms with Gasteiger partial charge in [0.2, 0.25) is 5.88 Å². The van der Waals surface area contributed by atoms with Crippen molar-refractivity contribution in [3.05, 3.63) is 48.3 Å². The highest BCUT2D eigenvalue weighted by Gasteiger charge is 2.09. The number of aromatic nitrogens is 3. The Balaban J connectivity index is 1.92. The van der Waals surface area contributed by atoms with Crippen molar-refractivity contribution in [3.63, 3.8) is 0 Å². The quantitative estimate of drug-likeness (QED) is 0.778. The van der Waals surface area contributed by atoms with Crippen LogP contribution in [-0.2, 0) is 6.54 Å². The summed E-state index contributed by atoms with van der Waals surface area (Å²) in [5, 5.41) is 4.10. The molecule has 6 nitrogen and oxygen atoms in total. The molecule has 2 heterocycles. The molecule has 1 aromatic carbocycles. The second-order valence-electron chi connectivity index (χ2n) is 4.42. The lowest BCUT2D eigenvalue weighted by Crippen LogP contribution is -2.00. The summed E-state index contributed by atoms with van der Waals surface area (Å²) in [6, 6.07) is 9.21. The average Bonchev–Trinajstić information content (AvgIpc) is 2.97. The summed E-state index contributed by atoms with van der Waals surface area (Å²) in [6.45, 7) is 2.94. The largest absolute Gasteiger partial charge is 0.490 e. The molecule has 0 unspecified atom stereocenters. The van der Waals surface area contributed by atoms with Crippen LogP contribution in [-0.4, -0.2) is 21.2 Å². The van der Waals surface area contributed by atoms with Crippen molar-refractivity contribution in [2.75, 3.05) is 6.61 Å². The van der Waals surface area contributed by atoms with Crippen LogP contribution in [0.15, 0.2) is 42.7 Å². The number of fused-ring (bicyclic) bond motifs is 1. The Morgan fingerprint density at radius 2 is 2.10 bits per heavy atom. The lowest BCUT2D eigenvalue weighted by atomic mass is 10.2. The van der Waals surface area contributed by atoms with Crippen molar-refractivity contribution in [1.29, 1.82) is 0 Å². The smallest absolute Gasteiger partial charge is 0.222 e. The molecular weight excluding hydrogens is 268 g/mol. The van der Waals surface area contributed by atoms with Crippen LogP contribution in [0.2, 0.25) is 0 Å². The zero-order chi connectivity index (χ0) is 14.7. The first-order valence-corrected chi connectivity index (χ1v) is 6.74. The van der Waals surface area contributed by atoms with Crippen LogP contribution in [0, 0.1) is 0 Å². The van der Waals surface area contributed by atoms with Crippen molar-refractivity contribution in [1.82, 2.24) is 14.6 Å². The molecule has 0 atom stereocenters. The minimum Gasteiger partial charge on any atom is -0.490 e. The van der Waals surface area contributed by atoms with Gasteiger partial charge in [0.1, 0.15) is 0 Å². The van der Waals surface area contributed by atoms with Gasteiger partial charge < -0.3 is 15.2 Å². The molecule has 0 aliphatic heterocycles. The topological polar surface area (TPSA) is 74.7 Å². The standard InChI is InChI=1S/C15H16N4O2/c1-2-20-13-9-11(10-16)3-4-12(13)21-15-6-8-19-14(18-15)5-7-17-19/h3-9H,2,10,16H2,1H3. The molecule has 0 amide bonds. The van der Waals surface area contributed by atoms with E-state index >= 15 is 0 Å². The number of nitrogens with two attached hydrogens (primary N) is 1. The first-order chi connectivity index (χ1) is 10.3. The maximum Gasteiger partial charge on any atom is 0.222 e. The maximum absolute atomic E-state index is 5.82. The highest BCUT2D eigenvalue weighted by molar-refractivity contribution is 5.46. The number of hydrogen-bond donors (Lipinski definition) is 1. The predicted molar refractivity (Wildman–Crippen MR) is 78.6 cm³/mol. The molecule has 2 aromatic heterocycles. The summed E-state index contributed by atoms with van der Waals surface area (Å²) in [6.07, 6.45) is 3.49. The van der Waals surface area contributed by atoms with Crippen LogP contribution in [0.3, 0.4) is 0 Å². The van der Waals surface area contributed by atoms with Gasteiger partial charge in [-0.15, -0.1) is 0 Å². The van der Waals surface area contributed by atoms with Crippen LogP contribution < -0.4 is 15.2 Å². The van der Waals surface area contributed by atoms with Gasteiger partial charge in [0.05, 0.1) is 12.8 Å². The highest BCUT2D eigenvalue weighted by atomic mass is 16.5. The zero-order valence-corrected chi connectivity index (χ0v) is 11.7. The monoisotopic (exact) mass is 284 g/mol. The molecule has 6 heteroatoms. The van der Waals surface area contributed by atoms with Crippen LogP contribution in [0.4, 0.5) is 0 Å². The first-order valence-electron chi connectivity index (χ1n) is 6.74. The predicted octanol–water partition coefficient (Wildman–Crippen LogP) is 2.38. The number of ether oxygens (including phenoxy) is 2. The molecular formula is C15H16N4O2. The molecule has 0 aliphatic carbocycles. The molecule has 3 aromatic rings. The molecule has 108 valence electrons. The van der Waals surface area contributed by atoms with Crippen LogP contribution in [0.5, 0.6) is 17.4 Å². The Morgan fingerprint density at radius 1 is 1.19 bits per heavy atom. The Labute approximate surface area is 122 Å². The van der Waals surface area contributed by atoms with Gasteiger partial charge in [-0.1, -0.05) is 6.07 Å². The van der Waals surface area contributed by atoms with Gasteiger partial charge >= 0.3 is 0 Å². The van der Waals surface area contributed by atoms with Crippen LogP contribution in [0.25, 0.3) is 5.65 Å². The van der Waals surface area contributed by atoms with Crippen molar-refractivity contribution in [2.24, 2.45) is 5.73 Å². The number of benzene rings is 1. The Bertz CT molecular complexity index is 754.